The number of benzene rings is 2. The van der Waals surface area contributed by atoms with E-state index in [2.05, 4.69) is 48.4 Å². The molecule has 134 valence electrons. The molecule has 1 aromatic heterocycles. The van der Waals surface area contributed by atoms with E-state index in [0.29, 0.717) is 13.0 Å². The Kier molecular flexibility index (Phi) is 5.84. The van der Waals surface area contributed by atoms with Crippen LogP contribution in [0, 0.1) is 6.92 Å². The molecule has 0 bridgehead atoms. The Labute approximate surface area is 154 Å². The highest BCUT2D eigenvalue weighted by Gasteiger charge is 2.19. The van der Waals surface area contributed by atoms with E-state index in [1.807, 2.05) is 34.9 Å². The average Bonchev–Trinajstić information content (AvgIpc) is 3.13. The Morgan fingerprint density at radius 1 is 1.12 bits per heavy atom. The van der Waals surface area contributed by atoms with E-state index in [1.54, 1.807) is 12.5 Å². The lowest BCUT2D eigenvalue weighted by Crippen LogP contribution is -2.26. The van der Waals surface area contributed by atoms with Crippen LogP contribution < -0.4 is 5.32 Å². The van der Waals surface area contributed by atoms with Crippen molar-refractivity contribution in [3.05, 3.63) is 89.5 Å². The molecule has 4 nitrogen and oxygen atoms in total. The number of aromatic nitrogens is 2. The van der Waals surface area contributed by atoms with E-state index in [9.17, 15) is 4.79 Å². The predicted molar refractivity (Wildman–Crippen MR) is 104 cm³/mol. The van der Waals surface area contributed by atoms with E-state index >= 15 is 0 Å². The highest BCUT2D eigenvalue weighted by atomic mass is 16.1. The third-order valence-electron chi connectivity index (χ3n) is 4.76. The summed E-state index contributed by atoms with van der Waals surface area (Å²) in [6, 6.07) is 18.5. The van der Waals surface area contributed by atoms with Gasteiger partial charge in [0, 0.05) is 25.1 Å². The van der Waals surface area contributed by atoms with Crippen molar-refractivity contribution in [3.63, 3.8) is 0 Å². The van der Waals surface area contributed by atoms with Crippen LogP contribution in [0.3, 0.4) is 0 Å². The molecular weight excluding hydrogens is 322 g/mol. The van der Waals surface area contributed by atoms with Crippen molar-refractivity contribution >= 4 is 5.91 Å². The van der Waals surface area contributed by atoms with Crippen LogP contribution in [0.1, 0.15) is 41.6 Å². The molecule has 3 aromatic rings. The number of nitrogens with one attached hydrogen (secondary N) is 1. The largest absolute Gasteiger partial charge is 0.350 e. The minimum Gasteiger partial charge on any atom is -0.350 e. The van der Waals surface area contributed by atoms with Crippen LogP contribution in [-0.2, 0) is 17.9 Å². The number of hydrogen-bond donors (Lipinski definition) is 1. The Morgan fingerprint density at radius 3 is 2.58 bits per heavy atom. The fourth-order valence-electron chi connectivity index (χ4n) is 3.30. The third kappa shape index (κ3) is 4.20. The first-order valence-corrected chi connectivity index (χ1v) is 9.05. The summed E-state index contributed by atoms with van der Waals surface area (Å²) in [5.74, 6) is 0.0967. The standard InChI is InChI=1S/C22H25N3O/c1-3-25-16-23-14-19(25)15-24-22(26)13-21(18-10-5-4-6-11-18)20-12-8-7-9-17(20)2/h4-12,14,16,21H,3,13,15H2,1-2H3,(H,24,26). The Morgan fingerprint density at radius 2 is 1.85 bits per heavy atom. The maximum absolute atomic E-state index is 12.7. The van der Waals surface area contributed by atoms with Crippen molar-refractivity contribution in [1.29, 1.82) is 0 Å². The Bertz CT molecular complexity index is 855. The van der Waals surface area contributed by atoms with E-state index in [4.69, 9.17) is 0 Å². The maximum atomic E-state index is 12.7. The zero-order valence-electron chi connectivity index (χ0n) is 15.4. The molecule has 1 amide bonds. The molecule has 0 saturated carbocycles. The zero-order valence-corrected chi connectivity index (χ0v) is 15.4. The number of carbonyl (C=O) groups excluding carboxylic acids is 1. The Hall–Kier alpha value is -2.88. The monoisotopic (exact) mass is 347 g/mol. The molecule has 26 heavy (non-hydrogen) atoms. The number of carbonyl (C=O) groups is 1. The molecule has 1 heterocycles. The molecule has 4 heteroatoms. The summed E-state index contributed by atoms with van der Waals surface area (Å²) in [4.78, 5) is 16.8. The lowest BCUT2D eigenvalue weighted by Gasteiger charge is -2.20. The lowest BCUT2D eigenvalue weighted by atomic mass is 9.86. The molecule has 1 atom stereocenters. The molecule has 1 unspecified atom stereocenters. The van der Waals surface area contributed by atoms with Gasteiger partial charge in [-0.05, 0) is 30.5 Å². The van der Waals surface area contributed by atoms with E-state index < -0.39 is 0 Å². The predicted octanol–water partition coefficient (Wildman–Crippen LogP) is 4.05. The van der Waals surface area contributed by atoms with Crippen LogP contribution in [0.15, 0.2) is 67.1 Å². The van der Waals surface area contributed by atoms with Crippen molar-refractivity contribution in [2.75, 3.05) is 0 Å². The molecule has 0 spiro atoms. The summed E-state index contributed by atoms with van der Waals surface area (Å²) in [6.45, 7) is 5.52. The van der Waals surface area contributed by atoms with Crippen LogP contribution in [0.25, 0.3) is 0 Å². The number of nitrogens with zero attached hydrogens (tertiary/aromatic N) is 2. The second-order valence-electron chi connectivity index (χ2n) is 6.47. The van der Waals surface area contributed by atoms with Gasteiger partial charge in [0.1, 0.15) is 0 Å². The van der Waals surface area contributed by atoms with Crippen molar-refractivity contribution in [2.45, 2.75) is 39.3 Å². The zero-order chi connectivity index (χ0) is 18.4. The lowest BCUT2D eigenvalue weighted by molar-refractivity contribution is -0.121. The highest BCUT2D eigenvalue weighted by Crippen LogP contribution is 2.30. The average molecular weight is 347 g/mol. The van der Waals surface area contributed by atoms with Gasteiger partial charge in [-0.2, -0.15) is 0 Å². The highest BCUT2D eigenvalue weighted by molar-refractivity contribution is 5.77. The molecule has 3 rings (SSSR count). The van der Waals surface area contributed by atoms with Crippen molar-refractivity contribution in [2.24, 2.45) is 0 Å². The second-order valence-corrected chi connectivity index (χ2v) is 6.47. The van der Waals surface area contributed by atoms with Gasteiger partial charge in [-0.1, -0.05) is 54.6 Å². The summed E-state index contributed by atoms with van der Waals surface area (Å²) >= 11 is 0. The van der Waals surface area contributed by atoms with Crippen molar-refractivity contribution < 1.29 is 4.79 Å². The van der Waals surface area contributed by atoms with Crippen LogP contribution in [0.2, 0.25) is 0 Å². The second kappa shape index (κ2) is 8.48. The van der Waals surface area contributed by atoms with Crippen LogP contribution in [0.5, 0.6) is 0 Å². The van der Waals surface area contributed by atoms with Gasteiger partial charge in [-0.25, -0.2) is 4.98 Å². The van der Waals surface area contributed by atoms with Gasteiger partial charge in [0.15, 0.2) is 0 Å². The molecule has 0 radical (unpaired) electrons. The van der Waals surface area contributed by atoms with Crippen LogP contribution in [0.4, 0.5) is 0 Å². The summed E-state index contributed by atoms with van der Waals surface area (Å²) in [5, 5.41) is 3.05. The molecule has 0 aliphatic rings. The molecule has 0 aliphatic heterocycles. The number of aryl methyl sites for hydroxylation is 2. The minimum absolute atomic E-state index is 0.0472. The summed E-state index contributed by atoms with van der Waals surface area (Å²) < 4.78 is 2.04. The maximum Gasteiger partial charge on any atom is 0.221 e. The van der Waals surface area contributed by atoms with Gasteiger partial charge < -0.3 is 9.88 Å². The molecule has 2 aromatic carbocycles. The van der Waals surface area contributed by atoms with E-state index in [0.717, 1.165) is 17.8 Å². The molecule has 1 N–H and O–H groups in total. The topological polar surface area (TPSA) is 46.9 Å². The molecule has 0 aliphatic carbocycles. The summed E-state index contributed by atoms with van der Waals surface area (Å²) in [6.07, 6.45) is 4.02. The molecule has 0 saturated heterocycles. The number of imidazole rings is 1. The van der Waals surface area contributed by atoms with Crippen LogP contribution >= 0.6 is 0 Å². The first kappa shape index (κ1) is 17.9. The smallest absolute Gasteiger partial charge is 0.221 e. The normalized spacial score (nSPS) is 11.9. The van der Waals surface area contributed by atoms with Gasteiger partial charge >= 0.3 is 0 Å². The minimum atomic E-state index is 0.0472. The molecule has 0 fully saturated rings. The number of hydrogen-bond acceptors (Lipinski definition) is 2. The number of rotatable bonds is 7. The molecular formula is C22H25N3O. The van der Waals surface area contributed by atoms with E-state index in [1.165, 1.54) is 11.1 Å². The summed E-state index contributed by atoms with van der Waals surface area (Å²) in [5.41, 5.74) is 4.59. The SMILES string of the molecule is CCn1cncc1CNC(=O)CC(c1ccccc1)c1ccccc1C. The Balaban J connectivity index is 1.76. The summed E-state index contributed by atoms with van der Waals surface area (Å²) in [7, 11) is 0. The quantitative estimate of drug-likeness (QED) is 0.701. The fourth-order valence-corrected chi connectivity index (χ4v) is 3.30. The van der Waals surface area contributed by atoms with Gasteiger partial charge in [-0.3, -0.25) is 4.79 Å². The fraction of sp³-hybridized carbons (Fsp3) is 0.273. The van der Waals surface area contributed by atoms with Gasteiger partial charge in [0.25, 0.3) is 0 Å². The van der Waals surface area contributed by atoms with E-state index in [-0.39, 0.29) is 11.8 Å². The first-order chi connectivity index (χ1) is 12.7. The van der Waals surface area contributed by atoms with Crippen molar-refractivity contribution in [3.8, 4) is 0 Å². The van der Waals surface area contributed by atoms with Crippen LogP contribution in [-0.4, -0.2) is 15.5 Å². The van der Waals surface area contributed by atoms with Gasteiger partial charge in [-0.15, -0.1) is 0 Å². The van der Waals surface area contributed by atoms with Crippen molar-refractivity contribution in [1.82, 2.24) is 14.9 Å². The van der Waals surface area contributed by atoms with Gasteiger partial charge in [0.05, 0.1) is 18.6 Å². The number of amides is 1. The first-order valence-electron chi connectivity index (χ1n) is 9.05. The third-order valence-corrected chi connectivity index (χ3v) is 4.76. The van der Waals surface area contributed by atoms with Gasteiger partial charge in [0.2, 0.25) is 5.91 Å².